The van der Waals surface area contributed by atoms with Crippen LogP contribution in [0.3, 0.4) is 0 Å². The van der Waals surface area contributed by atoms with Gasteiger partial charge in [0.15, 0.2) is 0 Å². The highest BCUT2D eigenvalue weighted by atomic mass is 79.9. The van der Waals surface area contributed by atoms with E-state index in [4.69, 9.17) is 4.74 Å². The smallest absolute Gasteiger partial charge is 0.120 e. The number of hydrogen-bond donors (Lipinski definition) is 1. The summed E-state index contributed by atoms with van der Waals surface area (Å²) in [6.07, 6.45) is -0.607. The quantitative estimate of drug-likeness (QED) is 0.835. The molecule has 0 amide bonds. The van der Waals surface area contributed by atoms with Gasteiger partial charge in [-0.3, -0.25) is 0 Å². The van der Waals surface area contributed by atoms with Crippen LogP contribution in [0.4, 0.5) is 0 Å². The van der Waals surface area contributed by atoms with Crippen LogP contribution in [0.25, 0.3) is 0 Å². The van der Waals surface area contributed by atoms with Crippen LogP contribution >= 0.6 is 15.9 Å². The number of halogens is 1. The Bertz CT molecular complexity index is 593. The molecule has 0 aliphatic carbocycles. The molecule has 2 rings (SSSR count). The van der Waals surface area contributed by atoms with Crippen LogP contribution in [0, 0.1) is 0 Å². The molecule has 0 aliphatic rings. The highest BCUT2D eigenvalue weighted by molar-refractivity contribution is 9.10. The number of rotatable bonds is 5. The first kappa shape index (κ1) is 16.1. The van der Waals surface area contributed by atoms with Crippen molar-refractivity contribution in [1.82, 2.24) is 0 Å². The summed E-state index contributed by atoms with van der Waals surface area (Å²) in [7, 11) is 0. The molecule has 1 N–H and O–H groups in total. The summed E-state index contributed by atoms with van der Waals surface area (Å²) in [6, 6.07) is 15.8. The minimum absolute atomic E-state index is 0.378. The topological polar surface area (TPSA) is 29.5 Å². The van der Waals surface area contributed by atoms with Crippen LogP contribution in [-0.2, 0) is 5.41 Å². The Morgan fingerprint density at radius 3 is 2.38 bits per heavy atom. The molecule has 0 aliphatic heterocycles. The van der Waals surface area contributed by atoms with Gasteiger partial charge >= 0.3 is 0 Å². The molecule has 0 spiro atoms. The van der Waals surface area contributed by atoms with Gasteiger partial charge < -0.3 is 9.84 Å². The maximum atomic E-state index is 10.8. The molecule has 0 radical (unpaired) electrons. The van der Waals surface area contributed by atoms with Crippen LogP contribution < -0.4 is 4.74 Å². The van der Waals surface area contributed by atoms with Crippen LogP contribution in [-0.4, -0.2) is 11.7 Å². The van der Waals surface area contributed by atoms with Gasteiger partial charge in [-0.25, -0.2) is 0 Å². The van der Waals surface area contributed by atoms with Gasteiger partial charge in [0.2, 0.25) is 0 Å². The van der Waals surface area contributed by atoms with Crippen molar-refractivity contribution in [1.29, 1.82) is 0 Å². The van der Waals surface area contributed by atoms with Crippen LogP contribution in [0.1, 0.15) is 38.0 Å². The number of ether oxygens (including phenoxy) is 1. The fraction of sp³-hybridized carbons (Fsp3) is 0.333. The molecule has 2 nitrogen and oxygen atoms in total. The molecule has 0 heterocycles. The number of aliphatic hydroxyl groups excluding tert-OH is 1. The Hall–Kier alpha value is -1.32. The molecule has 0 saturated carbocycles. The van der Waals surface area contributed by atoms with Gasteiger partial charge in [-0.2, -0.15) is 0 Å². The Balaban J connectivity index is 2.33. The highest BCUT2D eigenvalue weighted by Crippen LogP contribution is 2.40. The molecule has 0 fully saturated rings. The van der Waals surface area contributed by atoms with Gasteiger partial charge in [0.25, 0.3) is 0 Å². The minimum Gasteiger partial charge on any atom is -0.494 e. The number of benzene rings is 2. The highest BCUT2D eigenvalue weighted by Gasteiger charge is 2.32. The molecule has 2 aromatic carbocycles. The van der Waals surface area contributed by atoms with E-state index in [0.717, 1.165) is 21.3 Å². The Labute approximate surface area is 134 Å². The lowest BCUT2D eigenvalue weighted by molar-refractivity contribution is 0.0995. The van der Waals surface area contributed by atoms with Crippen molar-refractivity contribution in [3.8, 4) is 5.75 Å². The van der Waals surface area contributed by atoms with E-state index in [9.17, 15) is 5.11 Å². The normalized spacial score (nSPS) is 13.0. The molecular formula is C18H21BrO2. The zero-order chi connectivity index (χ0) is 15.5. The predicted octanol–water partition coefficient (Wildman–Crippen LogP) is 4.86. The average Bonchev–Trinajstić information content (AvgIpc) is 2.48. The molecule has 0 bridgehead atoms. The zero-order valence-electron chi connectivity index (χ0n) is 12.6. The van der Waals surface area contributed by atoms with Gasteiger partial charge in [-0.05, 0) is 30.2 Å². The molecule has 2 aromatic rings. The molecule has 21 heavy (non-hydrogen) atoms. The first-order valence-electron chi connectivity index (χ1n) is 7.12. The van der Waals surface area contributed by atoms with E-state index in [0.29, 0.717) is 6.61 Å². The third-order valence-electron chi connectivity index (χ3n) is 3.78. The predicted molar refractivity (Wildman–Crippen MR) is 89.7 cm³/mol. The standard InChI is InChI=1S/C18H21BrO2/c1-4-21-14-10-11-15(16(19)12-14)17(20)18(2,3)13-8-6-5-7-9-13/h5-12,17,20H,4H2,1-3H3. The average molecular weight is 349 g/mol. The van der Waals surface area contributed by atoms with E-state index < -0.39 is 6.10 Å². The second-order valence-electron chi connectivity index (χ2n) is 5.61. The second kappa shape index (κ2) is 6.63. The van der Waals surface area contributed by atoms with Crippen molar-refractivity contribution in [2.45, 2.75) is 32.3 Å². The summed E-state index contributed by atoms with van der Waals surface area (Å²) in [5, 5.41) is 10.8. The lowest BCUT2D eigenvalue weighted by Gasteiger charge is -2.32. The van der Waals surface area contributed by atoms with Crippen LogP contribution in [0.15, 0.2) is 53.0 Å². The van der Waals surface area contributed by atoms with Gasteiger partial charge in [0.05, 0.1) is 12.7 Å². The van der Waals surface area contributed by atoms with E-state index in [1.165, 1.54) is 0 Å². The summed E-state index contributed by atoms with van der Waals surface area (Å²) in [5.41, 5.74) is 1.60. The van der Waals surface area contributed by atoms with Gasteiger partial charge in [-0.15, -0.1) is 0 Å². The van der Waals surface area contributed by atoms with Crippen molar-refractivity contribution in [2.24, 2.45) is 0 Å². The third-order valence-corrected chi connectivity index (χ3v) is 4.47. The molecule has 0 aromatic heterocycles. The molecule has 0 saturated heterocycles. The monoisotopic (exact) mass is 348 g/mol. The lowest BCUT2D eigenvalue weighted by atomic mass is 9.77. The van der Waals surface area contributed by atoms with Gasteiger partial charge in [0, 0.05) is 9.89 Å². The van der Waals surface area contributed by atoms with Crippen LogP contribution in [0.5, 0.6) is 5.75 Å². The number of aliphatic hydroxyl groups is 1. The maximum absolute atomic E-state index is 10.8. The molecule has 1 unspecified atom stereocenters. The zero-order valence-corrected chi connectivity index (χ0v) is 14.2. The first-order chi connectivity index (χ1) is 9.96. The van der Waals surface area contributed by atoms with Crippen molar-refractivity contribution in [3.05, 3.63) is 64.1 Å². The summed E-state index contributed by atoms with van der Waals surface area (Å²) < 4.78 is 6.35. The Morgan fingerprint density at radius 2 is 1.81 bits per heavy atom. The van der Waals surface area contributed by atoms with Crippen molar-refractivity contribution in [2.75, 3.05) is 6.61 Å². The van der Waals surface area contributed by atoms with Gasteiger partial charge in [-0.1, -0.05) is 66.2 Å². The minimum atomic E-state index is -0.607. The fourth-order valence-electron chi connectivity index (χ4n) is 2.40. The second-order valence-corrected chi connectivity index (χ2v) is 6.46. The molecular weight excluding hydrogens is 328 g/mol. The summed E-state index contributed by atoms with van der Waals surface area (Å²) in [4.78, 5) is 0. The maximum Gasteiger partial charge on any atom is 0.120 e. The number of hydrogen-bond acceptors (Lipinski definition) is 2. The summed E-state index contributed by atoms with van der Waals surface area (Å²) in [6.45, 7) is 6.69. The SMILES string of the molecule is CCOc1ccc(C(O)C(C)(C)c2ccccc2)c(Br)c1. The molecule has 112 valence electrons. The lowest BCUT2D eigenvalue weighted by Crippen LogP contribution is -2.27. The van der Waals surface area contributed by atoms with Crippen molar-refractivity contribution < 1.29 is 9.84 Å². The Morgan fingerprint density at radius 1 is 1.14 bits per heavy atom. The van der Waals surface area contributed by atoms with Gasteiger partial charge in [0.1, 0.15) is 5.75 Å². The largest absolute Gasteiger partial charge is 0.494 e. The summed E-state index contributed by atoms with van der Waals surface area (Å²) >= 11 is 3.54. The summed E-state index contributed by atoms with van der Waals surface area (Å²) in [5.74, 6) is 0.804. The van der Waals surface area contributed by atoms with Crippen molar-refractivity contribution in [3.63, 3.8) is 0 Å². The van der Waals surface area contributed by atoms with E-state index >= 15 is 0 Å². The first-order valence-corrected chi connectivity index (χ1v) is 7.92. The fourth-order valence-corrected chi connectivity index (χ4v) is 2.98. The Kier molecular flexibility index (Phi) is 5.07. The van der Waals surface area contributed by atoms with E-state index in [-0.39, 0.29) is 5.41 Å². The third kappa shape index (κ3) is 3.47. The molecule has 3 heteroatoms. The van der Waals surface area contributed by atoms with E-state index in [2.05, 4.69) is 29.8 Å². The van der Waals surface area contributed by atoms with Crippen molar-refractivity contribution >= 4 is 15.9 Å². The van der Waals surface area contributed by atoms with Crippen LogP contribution in [0.2, 0.25) is 0 Å². The molecule has 1 atom stereocenters. The van der Waals surface area contributed by atoms with E-state index in [1.54, 1.807) is 0 Å². The van der Waals surface area contributed by atoms with E-state index in [1.807, 2.05) is 55.5 Å².